The molecule has 13 heavy (non-hydrogen) atoms. The van der Waals surface area contributed by atoms with E-state index in [1.54, 1.807) is 0 Å². The van der Waals surface area contributed by atoms with E-state index in [-0.39, 0.29) is 0 Å². The molecule has 0 radical (unpaired) electrons. The molecule has 0 aromatic heterocycles. The Morgan fingerprint density at radius 1 is 1.46 bits per heavy atom. The van der Waals surface area contributed by atoms with E-state index in [0.717, 1.165) is 5.92 Å². The molecular weight excluding hydrogens is 244 g/mol. The summed E-state index contributed by atoms with van der Waals surface area (Å²) in [6.45, 7) is 2.33. The highest BCUT2D eigenvalue weighted by molar-refractivity contribution is 9.10. The standard InChI is InChI=1S/C11H13BrS/c1-8-3-2-6-13-11-7-9(12)4-5-10(8)11/h4-5,7-8H,2-3,6H2,1H3. The Morgan fingerprint density at radius 2 is 2.31 bits per heavy atom. The van der Waals surface area contributed by atoms with Crippen LogP contribution in [0.1, 0.15) is 31.2 Å². The van der Waals surface area contributed by atoms with Crippen molar-refractivity contribution in [3.63, 3.8) is 0 Å². The molecule has 2 rings (SSSR count). The number of benzene rings is 1. The van der Waals surface area contributed by atoms with Crippen LogP contribution in [0.5, 0.6) is 0 Å². The Kier molecular flexibility index (Phi) is 2.99. The number of halogens is 1. The van der Waals surface area contributed by atoms with Crippen LogP contribution in [0.4, 0.5) is 0 Å². The third-order valence-electron chi connectivity index (χ3n) is 2.55. The van der Waals surface area contributed by atoms with Crippen LogP contribution in [0.3, 0.4) is 0 Å². The second-order valence-corrected chi connectivity index (χ2v) is 5.63. The van der Waals surface area contributed by atoms with Crippen molar-refractivity contribution in [2.24, 2.45) is 0 Å². The predicted molar refractivity (Wildman–Crippen MR) is 62.5 cm³/mol. The molecule has 0 aliphatic carbocycles. The van der Waals surface area contributed by atoms with Gasteiger partial charge in [0.1, 0.15) is 0 Å². The highest BCUT2D eigenvalue weighted by Crippen LogP contribution is 2.37. The quantitative estimate of drug-likeness (QED) is 0.662. The first-order valence-electron chi connectivity index (χ1n) is 4.69. The van der Waals surface area contributed by atoms with Gasteiger partial charge in [0.15, 0.2) is 0 Å². The van der Waals surface area contributed by atoms with Gasteiger partial charge < -0.3 is 0 Å². The van der Waals surface area contributed by atoms with Crippen LogP contribution in [0, 0.1) is 0 Å². The van der Waals surface area contributed by atoms with E-state index in [1.807, 2.05) is 11.8 Å². The summed E-state index contributed by atoms with van der Waals surface area (Å²) in [7, 11) is 0. The van der Waals surface area contributed by atoms with Crippen molar-refractivity contribution in [2.45, 2.75) is 30.6 Å². The normalized spacial score (nSPS) is 22.2. The summed E-state index contributed by atoms with van der Waals surface area (Å²) >= 11 is 5.52. The third kappa shape index (κ3) is 2.10. The largest absolute Gasteiger partial charge is 0.126 e. The van der Waals surface area contributed by atoms with Gasteiger partial charge in [0.25, 0.3) is 0 Å². The zero-order chi connectivity index (χ0) is 9.26. The lowest BCUT2D eigenvalue weighted by Crippen LogP contribution is -1.92. The van der Waals surface area contributed by atoms with Crippen LogP contribution >= 0.6 is 27.7 Å². The van der Waals surface area contributed by atoms with Gasteiger partial charge in [-0.2, -0.15) is 0 Å². The summed E-state index contributed by atoms with van der Waals surface area (Å²) in [6.07, 6.45) is 2.68. The van der Waals surface area contributed by atoms with Crippen molar-refractivity contribution in [1.82, 2.24) is 0 Å². The van der Waals surface area contributed by atoms with Crippen LogP contribution in [-0.4, -0.2) is 5.75 Å². The first-order chi connectivity index (χ1) is 6.27. The number of rotatable bonds is 0. The van der Waals surface area contributed by atoms with E-state index >= 15 is 0 Å². The van der Waals surface area contributed by atoms with E-state index in [1.165, 1.54) is 33.5 Å². The minimum atomic E-state index is 0.734. The van der Waals surface area contributed by atoms with Crippen molar-refractivity contribution in [2.75, 3.05) is 5.75 Å². The van der Waals surface area contributed by atoms with E-state index in [4.69, 9.17) is 0 Å². The molecule has 0 fully saturated rings. The average molecular weight is 257 g/mol. The van der Waals surface area contributed by atoms with Crippen molar-refractivity contribution >= 4 is 27.7 Å². The minimum Gasteiger partial charge on any atom is -0.126 e. The highest BCUT2D eigenvalue weighted by atomic mass is 79.9. The molecule has 1 unspecified atom stereocenters. The third-order valence-corrected chi connectivity index (χ3v) is 4.20. The Hall–Kier alpha value is 0.0500. The van der Waals surface area contributed by atoms with Crippen LogP contribution < -0.4 is 0 Å². The maximum atomic E-state index is 3.52. The van der Waals surface area contributed by atoms with E-state index in [0.29, 0.717) is 0 Å². The van der Waals surface area contributed by atoms with Crippen LogP contribution in [0.2, 0.25) is 0 Å². The smallest absolute Gasteiger partial charge is 0.0186 e. The second-order valence-electron chi connectivity index (χ2n) is 3.57. The number of hydrogen-bond acceptors (Lipinski definition) is 1. The number of fused-ring (bicyclic) bond motifs is 1. The molecule has 1 aromatic rings. The molecule has 70 valence electrons. The van der Waals surface area contributed by atoms with Crippen molar-refractivity contribution in [3.8, 4) is 0 Å². The molecule has 1 aromatic carbocycles. The Labute approximate surface area is 92.2 Å². The maximum absolute atomic E-state index is 3.52. The molecule has 0 saturated carbocycles. The van der Waals surface area contributed by atoms with Crippen LogP contribution in [0.25, 0.3) is 0 Å². The van der Waals surface area contributed by atoms with Crippen molar-refractivity contribution in [1.29, 1.82) is 0 Å². The predicted octanol–water partition coefficient (Wildman–Crippen LogP) is 4.44. The summed E-state index contributed by atoms with van der Waals surface area (Å²) in [6, 6.07) is 6.67. The Morgan fingerprint density at radius 3 is 3.15 bits per heavy atom. The van der Waals surface area contributed by atoms with E-state index in [9.17, 15) is 0 Å². The summed E-state index contributed by atoms with van der Waals surface area (Å²) in [5.41, 5.74) is 1.53. The van der Waals surface area contributed by atoms with Crippen molar-refractivity contribution < 1.29 is 0 Å². The van der Waals surface area contributed by atoms with Gasteiger partial charge in [0.05, 0.1) is 0 Å². The maximum Gasteiger partial charge on any atom is 0.0186 e. The Bertz CT molecular complexity index is 309. The highest BCUT2D eigenvalue weighted by Gasteiger charge is 2.14. The van der Waals surface area contributed by atoms with Gasteiger partial charge in [-0.15, -0.1) is 11.8 Å². The molecule has 0 bridgehead atoms. The fraction of sp³-hybridized carbons (Fsp3) is 0.455. The number of hydrogen-bond donors (Lipinski definition) is 0. The monoisotopic (exact) mass is 256 g/mol. The van der Waals surface area contributed by atoms with Crippen LogP contribution in [-0.2, 0) is 0 Å². The average Bonchev–Trinajstić information content (AvgIpc) is 2.28. The molecular formula is C11H13BrS. The molecule has 1 heterocycles. The van der Waals surface area contributed by atoms with E-state index < -0.39 is 0 Å². The van der Waals surface area contributed by atoms with Gasteiger partial charge >= 0.3 is 0 Å². The van der Waals surface area contributed by atoms with Gasteiger partial charge in [-0.05, 0) is 42.2 Å². The molecule has 0 saturated heterocycles. The fourth-order valence-corrected chi connectivity index (χ4v) is 3.46. The molecule has 0 spiro atoms. The molecule has 1 aliphatic rings. The zero-order valence-corrected chi connectivity index (χ0v) is 10.1. The summed E-state index contributed by atoms with van der Waals surface area (Å²) in [5.74, 6) is 2.01. The molecule has 1 atom stereocenters. The SMILES string of the molecule is CC1CCCSc2cc(Br)ccc21. The van der Waals surface area contributed by atoms with Gasteiger partial charge in [0, 0.05) is 9.37 Å². The van der Waals surface area contributed by atoms with Gasteiger partial charge in [0.2, 0.25) is 0 Å². The second kappa shape index (κ2) is 4.05. The molecule has 2 heteroatoms. The zero-order valence-electron chi connectivity index (χ0n) is 7.72. The Balaban J connectivity index is 2.42. The van der Waals surface area contributed by atoms with Crippen molar-refractivity contribution in [3.05, 3.63) is 28.2 Å². The molecule has 1 aliphatic heterocycles. The first kappa shape index (κ1) is 9.60. The lowest BCUT2D eigenvalue weighted by Gasteiger charge is -2.11. The molecule has 0 N–H and O–H groups in total. The van der Waals surface area contributed by atoms with Gasteiger partial charge in [-0.25, -0.2) is 0 Å². The lowest BCUT2D eigenvalue weighted by molar-refractivity contribution is 0.667. The first-order valence-corrected chi connectivity index (χ1v) is 6.47. The molecule has 0 amide bonds. The summed E-state index contributed by atoms with van der Waals surface area (Å²) in [4.78, 5) is 1.47. The van der Waals surface area contributed by atoms with Gasteiger partial charge in [-0.1, -0.05) is 28.9 Å². The minimum absolute atomic E-state index is 0.734. The topological polar surface area (TPSA) is 0 Å². The van der Waals surface area contributed by atoms with Gasteiger partial charge in [-0.3, -0.25) is 0 Å². The fourth-order valence-electron chi connectivity index (χ4n) is 1.77. The van der Waals surface area contributed by atoms with Crippen LogP contribution in [0.15, 0.2) is 27.6 Å². The van der Waals surface area contributed by atoms with E-state index in [2.05, 4.69) is 41.1 Å². The molecule has 0 nitrogen and oxygen atoms in total. The lowest BCUT2D eigenvalue weighted by atomic mass is 9.97. The summed E-state index contributed by atoms with van der Waals surface area (Å²) < 4.78 is 1.20. The number of thioether (sulfide) groups is 1. The summed E-state index contributed by atoms with van der Waals surface area (Å²) in [5, 5.41) is 0.